The minimum absolute atomic E-state index is 0.334. The van der Waals surface area contributed by atoms with E-state index in [0.29, 0.717) is 17.3 Å². The molecule has 0 amide bonds. The van der Waals surface area contributed by atoms with E-state index in [1.807, 2.05) is 25.1 Å². The predicted octanol–water partition coefficient (Wildman–Crippen LogP) is 2.30. The van der Waals surface area contributed by atoms with E-state index in [9.17, 15) is 0 Å². The van der Waals surface area contributed by atoms with Gasteiger partial charge in [0.05, 0.1) is 11.9 Å². The Balaban J connectivity index is 3.13. The molecule has 1 aromatic heterocycles. The largest absolute Gasteiger partial charge is 0.369 e. The third-order valence-corrected chi connectivity index (χ3v) is 2.02. The van der Waals surface area contributed by atoms with Crippen LogP contribution in [-0.4, -0.2) is 30.3 Å². The van der Waals surface area contributed by atoms with Crippen molar-refractivity contribution in [2.24, 2.45) is 4.99 Å². The molecular formula is C12H16N4. The Morgan fingerprint density at radius 3 is 2.62 bits per heavy atom. The Morgan fingerprint density at radius 1 is 1.44 bits per heavy atom. The van der Waals surface area contributed by atoms with Gasteiger partial charge in [-0.15, -0.1) is 0 Å². The number of nitriles is 1. The van der Waals surface area contributed by atoms with Gasteiger partial charge in [-0.1, -0.05) is 13.8 Å². The summed E-state index contributed by atoms with van der Waals surface area (Å²) < 4.78 is 0. The van der Waals surface area contributed by atoms with Crippen LogP contribution in [0.2, 0.25) is 0 Å². The molecular weight excluding hydrogens is 200 g/mol. The fourth-order valence-corrected chi connectivity index (χ4v) is 1.14. The van der Waals surface area contributed by atoms with Crippen molar-refractivity contribution < 1.29 is 0 Å². The second kappa shape index (κ2) is 5.26. The van der Waals surface area contributed by atoms with E-state index in [-0.39, 0.29) is 0 Å². The van der Waals surface area contributed by atoms with E-state index in [1.54, 1.807) is 12.4 Å². The van der Waals surface area contributed by atoms with Crippen LogP contribution in [0.15, 0.2) is 17.1 Å². The van der Waals surface area contributed by atoms with E-state index in [2.05, 4.69) is 29.9 Å². The molecule has 0 aliphatic heterocycles. The Morgan fingerprint density at radius 2 is 2.12 bits per heavy atom. The zero-order valence-corrected chi connectivity index (χ0v) is 10.1. The minimum Gasteiger partial charge on any atom is -0.369 e. The fourth-order valence-electron chi connectivity index (χ4n) is 1.14. The lowest BCUT2D eigenvalue weighted by Crippen LogP contribution is -2.07. The molecule has 0 radical (unpaired) electrons. The molecule has 0 spiro atoms. The molecule has 16 heavy (non-hydrogen) atoms. The molecule has 0 atom stereocenters. The average molecular weight is 216 g/mol. The Kier molecular flexibility index (Phi) is 4.01. The lowest BCUT2D eigenvalue weighted by atomic mass is 10.1. The third kappa shape index (κ3) is 3.06. The first-order chi connectivity index (χ1) is 7.54. The van der Waals surface area contributed by atoms with Crippen LogP contribution in [-0.2, 0) is 0 Å². The molecule has 0 aromatic carbocycles. The summed E-state index contributed by atoms with van der Waals surface area (Å²) in [7, 11) is 3.75. The highest BCUT2D eigenvalue weighted by atomic mass is 15.1. The van der Waals surface area contributed by atoms with Crippen molar-refractivity contribution in [1.29, 1.82) is 5.26 Å². The summed E-state index contributed by atoms with van der Waals surface area (Å²) in [5.41, 5.74) is 1.45. The third-order valence-electron chi connectivity index (χ3n) is 2.02. The van der Waals surface area contributed by atoms with Crippen molar-refractivity contribution in [2.75, 3.05) is 14.1 Å². The zero-order chi connectivity index (χ0) is 12.1. The van der Waals surface area contributed by atoms with Gasteiger partial charge in [-0.25, -0.2) is 9.98 Å². The van der Waals surface area contributed by atoms with Crippen molar-refractivity contribution in [3.05, 3.63) is 23.4 Å². The second-order valence-electron chi connectivity index (χ2n) is 4.08. The molecule has 4 heteroatoms. The Labute approximate surface area is 96.3 Å². The Bertz CT molecular complexity index is 427. The average Bonchev–Trinajstić information content (AvgIpc) is 2.25. The van der Waals surface area contributed by atoms with Crippen molar-refractivity contribution in [3.8, 4) is 6.07 Å². The smallest absolute Gasteiger partial charge is 0.171 e. The number of aromatic nitrogens is 1. The number of hydrogen-bond acceptors (Lipinski definition) is 3. The monoisotopic (exact) mass is 216 g/mol. The number of hydrogen-bond donors (Lipinski definition) is 0. The number of aliphatic imine (C=N–C) groups is 1. The quantitative estimate of drug-likeness (QED) is 0.575. The standard InChI is InChI=1S/C12H16N4/c1-9(2)11-6-5-10(7-13)12(15-11)14-8-16(3)4/h5-6,8-9H,1-4H3/b14-8-. The topological polar surface area (TPSA) is 52.3 Å². The molecule has 84 valence electrons. The summed E-state index contributed by atoms with van der Waals surface area (Å²) in [6, 6.07) is 5.73. The summed E-state index contributed by atoms with van der Waals surface area (Å²) in [5, 5.41) is 8.94. The van der Waals surface area contributed by atoms with Crippen LogP contribution in [0.25, 0.3) is 0 Å². The van der Waals surface area contributed by atoms with Crippen molar-refractivity contribution >= 4 is 12.2 Å². The van der Waals surface area contributed by atoms with Gasteiger partial charge >= 0.3 is 0 Å². The van der Waals surface area contributed by atoms with Crippen LogP contribution < -0.4 is 0 Å². The molecule has 0 bridgehead atoms. The van der Waals surface area contributed by atoms with E-state index in [4.69, 9.17) is 5.26 Å². The van der Waals surface area contributed by atoms with Gasteiger partial charge in [0.15, 0.2) is 5.82 Å². The molecule has 0 aliphatic rings. The SMILES string of the molecule is CC(C)c1ccc(C#N)c(/N=C\N(C)C)n1. The highest BCUT2D eigenvalue weighted by Gasteiger charge is 2.06. The minimum atomic E-state index is 0.334. The van der Waals surface area contributed by atoms with E-state index in [0.717, 1.165) is 5.69 Å². The molecule has 1 heterocycles. The Hall–Kier alpha value is -1.89. The van der Waals surface area contributed by atoms with Gasteiger partial charge in [-0.05, 0) is 18.1 Å². The van der Waals surface area contributed by atoms with Crippen molar-refractivity contribution in [2.45, 2.75) is 19.8 Å². The van der Waals surface area contributed by atoms with Gasteiger partial charge in [-0.3, -0.25) is 0 Å². The lowest BCUT2D eigenvalue weighted by molar-refractivity contribution is 0.643. The normalized spacial score (nSPS) is 10.8. The van der Waals surface area contributed by atoms with Gasteiger partial charge in [0.1, 0.15) is 6.07 Å². The summed E-state index contributed by atoms with van der Waals surface area (Å²) >= 11 is 0. The second-order valence-corrected chi connectivity index (χ2v) is 4.08. The molecule has 0 N–H and O–H groups in total. The van der Waals surface area contributed by atoms with E-state index >= 15 is 0 Å². The summed E-state index contributed by atoms with van der Waals surface area (Å²) in [6.07, 6.45) is 1.65. The molecule has 1 aromatic rings. The van der Waals surface area contributed by atoms with Crippen molar-refractivity contribution in [3.63, 3.8) is 0 Å². The molecule has 0 saturated heterocycles. The fraction of sp³-hybridized carbons (Fsp3) is 0.417. The van der Waals surface area contributed by atoms with E-state index in [1.165, 1.54) is 0 Å². The van der Waals surface area contributed by atoms with E-state index < -0.39 is 0 Å². The first-order valence-electron chi connectivity index (χ1n) is 5.16. The van der Waals surface area contributed by atoms with Crippen LogP contribution in [0.3, 0.4) is 0 Å². The molecule has 1 rings (SSSR count). The molecule has 4 nitrogen and oxygen atoms in total. The molecule has 0 aliphatic carbocycles. The first-order valence-corrected chi connectivity index (χ1v) is 5.16. The van der Waals surface area contributed by atoms with Crippen LogP contribution in [0.5, 0.6) is 0 Å². The van der Waals surface area contributed by atoms with Crippen LogP contribution >= 0.6 is 0 Å². The van der Waals surface area contributed by atoms with Gasteiger partial charge < -0.3 is 4.90 Å². The molecule has 0 unspecified atom stereocenters. The number of nitrogens with zero attached hydrogens (tertiary/aromatic N) is 4. The van der Waals surface area contributed by atoms with Gasteiger partial charge in [0, 0.05) is 19.8 Å². The van der Waals surface area contributed by atoms with Crippen molar-refractivity contribution in [1.82, 2.24) is 9.88 Å². The lowest BCUT2D eigenvalue weighted by Gasteiger charge is -2.07. The number of pyridine rings is 1. The molecule has 0 saturated carbocycles. The van der Waals surface area contributed by atoms with Gasteiger partial charge in [0.2, 0.25) is 0 Å². The zero-order valence-electron chi connectivity index (χ0n) is 10.1. The highest BCUT2D eigenvalue weighted by Crippen LogP contribution is 2.20. The maximum atomic E-state index is 8.94. The summed E-state index contributed by atoms with van der Waals surface area (Å²) in [5.74, 6) is 0.823. The maximum Gasteiger partial charge on any atom is 0.171 e. The molecule has 0 fully saturated rings. The van der Waals surface area contributed by atoms with Gasteiger partial charge in [0.25, 0.3) is 0 Å². The van der Waals surface area contributed by atoms with Crippen LogP contribution in [0.4, 0.5) is 5.82 Å². The van der Waals surface area contributed by atoms with Gasteiger partial charge in [-0.2, -0.15) is 5.26 Å². The highest BCUT2D eigenvalue weighted by molar-refractivity contribution is 5.62. The predicted molar refractivity (Wildman–Crippen MR) is 64.9 cm³/mol. The number of rotatable bonds is 3. The maximum absolute atomic E-state index is 8.94. The van der Waals surface area contributed by atoms with Crippen LogP contribution in [0, 0.1) is 11.3 Å². The first kappa shape index (κ1) is 12.2. The van der Waals surface area contributed by atoms with Crippen LogP contribution in [0.1, 0.15) is 31.0 Å². The summed E-state index contributed by atoms with van der Waals surface area (Å²) in [6.45, 7) is 4.13. The summed E-state index contributed by atoms with van der Waals surface area (Å²) in [4.78, 5) is 10.4.